The Bertz CT molecular complexity index is 126. The van der Waals surface area contributed by atoms with Crippen molar-refractivity contribution in [2.45, 2.75) is 26.2 Å². The smallest absolute Gasteiger partial charge is 0.168 e. The largest absolute Gasteiger partial charge is 0.562 e. The first-order chi connectivity index (χ1) is 4.18. The van der Waals surface area contributed by atoms with E-state index in [1.807, 2.05) is 6.92 Å². The van der Waals surface area contributed by atoms with E-state index in [0.29, 0.717) is 6.42 Å². The van der Waals surface area contributed by atoms with Crippen LogP contribution in [0.3, 0.4) is 0 Å². The van der Waals surface area contributed by atoms with Gasteiger partial charge in [-0.2, -0.15) is 0 Å². The molecule has 0 fully saturated rings. The van der Waals surface area contributed by atoms with E-state index in [4.69, 9.17) is 11.7 Å². The fraction of sp³-hybridized carbons (Fsp3) is 0.571. The van der Waals surface area contributed by atoms with Gasteiger partial charge >= 0.3 is 0 Å². The third kappa shape index (κ3) is 10.8. The molecule has 4 heteroatoms. The maximum absolute atomic E-state index is 10.0. The fourth-order valence-corrected chi connectivity index (χ4v) is 0.474. The summed E-state index contributed by atoms with van der Waals surface area (Å²) in [6.07, 6.45) is 2.35. The van der Waals surface area contributed by atoms with E-state index >= 15 is 0 Å². The van der Waals surface area contributed by atoms with Gasteiger partial charge in [0, 0.05) is 46.8 Å². The molecule has 0 aliphatic heterocycles. The Morgan fingerprint density at radius 3 is 2.27 bits per heavy atom. The molecule has 0 aromatic rings. The van der Waals surface area contributed by atoms with Gasteiger partial charge in [0.2, 0.25) is 0 Å². The zero-order valence-electron chi connectivity index (χ0n) is 6.97. The van der Waals surface area contributed by atoms with Crippen molar-refractivity contribution in [2.24, 2.45) is 0 Å². The summed E-state index contributed by atoms with van der Waals surface area (Å²) in [7, 11) is 0. The van der Waals surface area contributed by atoms with Crippen molar-refractivity contribution >= 4 is 5.97 Å². The molecule has 0 aliphatic carbocycles. The Kier molecular flexibility index (Phi) is 17.3. The van der Waals surface area contributed by atoms with Crippen molar-refractivity contribution in [3.8, 4) is 0 Å². The van der Waals surface area contributed by atoms with Gasteiger partial charge in [0.05, 0.1) is 0 Å². The molecule has 0 spiro atoms. The zero-order valence-corrected chi connectivity index (χ0v) is 14.0. The summed E-state index contributed by atoms with van der Waals surface area (Å²) in [6.45, 7) is 7.11. The van der Waals surface area contributed by atoms with E-state index < -0.39 is 5.97 Å². The van der Waals surface area contributed by atoms with Crippen LogP contribution in [-0.4, -0.2) is 11.1 Å². The van der Waals surface area contributed by atoms with Crippen LogP contribution < -0.4 is 0 Å². The van der Waals surface area contributed by atoms with Crippen molar-refractivity contribution in [3.05, 3.63) is 12.2 Å². The van der Waals surface area contributed by atoms with Gasteiger partial charge in [-0.15, -0.1) is 5.57 Å². The Hall–Kier alpha value is 0.755. The summed E-state index contributed by atoms with van der Waals surface area (Å²) in [6, 6.07) is 0. The van der Waals surface area contributed by atoms with Crippen molar-refractivity contribution in [3.63, 3.8) is 0 Å². The molecule has 0 aromatic heterocycles. The van der Waals surface area contributed by atoms with Crippen molar-refractivity contribution in [1.82, 2.24) is 0 Å². The van der Waals surface area contributed by atoms with Crippen LogP contribution in [0.1, 0.15) is 26.2 Å². The molecule has 0 aromatic carbocycles. The first-order valence-corrected chi connectivity index (χ1v) is 3.03. The molecular formula is C7H11CdO2Zn-. The van der Waals surface area contributed by atoms with Crippen LogP contribution in [0.15, 0.2) is 5.57 Å². The van der Waals surface area contributed by atoms with Crippen LogP contribution in [0.2, 0.25) is 0 Å². The van der Waals surface area contributed by atoms with Crippen LogP contribution in [0.4, 0.5) is 0 Å². The van der Waals surface area contributed by atoms with Gasteiger partial charge in [-0.1, -0.05) is 26.2 Å². The topological polar surface area (TPSA) is 37.3 Å². The van der Waals surface area contributed by atoms with E-state index in [1.165, 1.54) is 0 Å². The van der Waals surface area contributed by atoms with Crippen molar-refractivity contribution < 1.29 is 56.7 Å². The third-order valence-corrected chi connectivity index (χ3v) is 1.07. The summed E-state index contributed by atoms with van der Waals surface area (Å²) in [5.74, 6) is -0.983. The maximum atomic E-state index is 10.0. The average molecular weight is 305 g/mol. The van der Waals surface area contributed by atoms with E-state index in [-0.39, 0.29) is 52.3 Å². The van der Waals surface area contributed by atoms with Crippen LogP contribution in [-0.2, 0) is 51.6 Å². The minimum absolute atomic E-state index is 0. The molecule has 0 rings (SSSR count). The summed E-state index contributed by atoms with van der Waals surface area (Å²) in [5.41, 5.74) is 0.0665. The Morgan fingerprint density at radius 2 is 2.00 bits per heavy atom. The van der Waals surface area contributed by atoms with Gasteiger partial charge in [0.1, 0.15) is 0 Å². The van der Waals surface area contributed by atoms with Gasteiger partial charge in [0.25, 0.3) is 0 Å². The Balaban J connectivity index is -0.000000320. The molecule has 2 nitrogen and oxygen atoms in total. The fourth-order valence-electron chi connectivity index (χ4n) is 0.474. The standard InChI is InChI=1S/C7H11O2.Cd.Zn/c1-3-4-5-6(2)7(8)9;;/h2H,3-5H2,1H3,(H,8,9);;/q-1;;. The zero-order chi connectivity index (χ0) is 7.28. The molecule has 0 saturated heterocycles. The van der Waals surface area contributed by atoms with Gasteiger partial charge < -0.3 is 9.90 Å². The number of carbonyl (C=O) groups is 1. The molecule has 0 amide bonds. The van der Waals surface area contributed by atoms with E-state index in [2.05, 4.69) is 0 Å². The number of hydrogen-bond donors (Lipinski definition) is 1. The molecule has 0 saturated carbocycles. The molecule has 0 atom stereocenters. The molecule has 0 bridgehead atoms. The minimum Gasteiger partial charge on any atom is -0.562 e. The van der Waals surface area contributed by atoms with Crippen LogP contribution in [0.5, 0.6) is 0 Å². The molecule has 0 radical (unpaired) electrons. The van der Waals surface area contributed by atoms with Gasteiger partial charge in [-0.3, -0.25) is 6.58 Å². The predicted octanol–water partition coefficient (Wildman–Crippen LogP) is 1.62. The van der Waals surface area contributed by atoms with E-state index in [9.17, 15) is 4.79 Å². The van der Waals surface area contributed by atoms with Crippen LogP contribution >= 0.6 is 0 Å². The quantitative estimate of drug-likeness (QED) is 0.487. The molecule has 0 aliphatic rings. The Labute approximate surface area is 100 Å². The number of carboxylic acid groups (broad SMARTS) is 1. The number of hydrogen-bond acceptors (Lipinski definition) is 1. The first kappa shape index (κ1) is 17.7. The van der Waals surface area contributed by atoms with E-state index in [1.54, 1.807) is 0 Å². The van der Waals surface area contributed by atoms with Crippen molar-refractivity contribution in [2.75, 3.05) is 0 Å². The van der Waals surface area contributed by atoms with Gasteiger partial charge in [0.15, 0.2) is 5.97 Å². The molecule has 1 N–H and O–H groups in total. The molecule has 56 valence electrons. The Morgan fingerprint density at radius 1 is 1.55 bits per heavy atom. The summed E-state index contributed by atoms with van der Waals surface area (Å²) >= 11 is 0. The molecule has 0 heterocycles. The monoisotopic (exact) mass is 305 g/mol. The van der Waals surface area contributed by atoms with Gasteiger partial charge in [-0.25, -0.2) is 0 Å². The summed E-state index contributed by atoms with van der Waals surface area (Å²) in [4.78, 5) is 10.0. The van der Waals surface area contributed by atoms with Crippen LogP contribution in [0.25, 0.3) is 0 Å². The maximum Gasteiger partial charge on any atom is 0.168 e. The summed E-state index contributed by atoms with van der Waals surface area (Å²) in [5, 5.41) is 8.25. The molecular weight excluding hydrogens is 294 g/mol. The number of rotatable bonds is 4. The number of aliphatic carboxylic acids is 1. The number of unbranched alkanes of at least 4 members (excludes halogenated alkanes) is 1. The SMILES string of the molecule is [CH-]=C(CCCC)C(=O)O.[Cd].[Zn]. The predicted molar refractivity (Wildman–Crippen MR) is 35.0 cm³/mol. The minimum atomic E-state index is -0.983. The van der Waals surface area contributed by atoms with E-state index in [0.717, 1.165) is 12.8 Å². The first-order valence-electron chi connectivity index (χ1n) is 3.03. The third-order valence-electron chi connectivity index (χ3n) is 1.07. The van der Waals surface area contributed by atoms with Gasteiger partial charge in [-0.05, 0) is 0 Å². The average Bonchev–Trinajstić information content (AvgIpc) is 1.82. The normalized spacial score (nSPS) is 7.36. The molecule has 11 heavy (non-hydrogen) atoms. The van der Waals surface area contributed by atoms with Crippen molar-refractivity contribution in [1.29, 1.82) is 0 Å². The number of carboxylic acids is 1. The molecule has 0 unspecified atom stereocenters. The second-order valence-electron chi connectivity index (χ2n) is 1.93. The van der Waals surface area contributed by atoms with Crippen LogP contribution in [0, 0.1) is 6.58 Å². The second kappa shape index (κ2) is 10.8. The summed E-state index contributed by atoms with van der Waals surface area (Å²) < 4.78 is 0. The second-order valence-corrected chi connectivity index (χ2v) is 1.93.